The van der Waals surface area contributed by atoms with Gasteiger partial charge in [0.1, 0.15) is 11.9 Å². The van der Waals surface area contributed by atoms with Gasteiger partial charge in [0, 0.05) is 30.9 Å². The van der Waals surface area contributed by atoms with Crippen molar-refractivity contribution in [2.24, 2.45) is 5.73 Å². The van der Waals surface area contributed by atoms with E-state index in [4.69, 9.17) is 11.0 Å². The second-order valence-electron chi connectivity index (χ2n) is 4.93. The van der Waals surface area contributed by atoms with E-state index < -0.39 is 5.82 Å². The number of aromatic nitrogens is 1. The van der Waals surface area contributed by atoms with Crippen LogP contribution >= 0.6 is 0 Å². The first-order valence-electron chi connectivity index (χ1n) is 6.72. The number of hydrogen-bond donors (Lipinski definition) is 1. The lowest BCUT2D eigenvalue weighted by Crippen LogP contribution is -2.23. The first kappa shape index (κ1) is 14.3. The molecular weight excluding hydrogens is 253 g/mol. The monoisotopic (exact) mass is 271 g/mol. The number of hydrogen-bond acceptors (Lipinski definition) is 2. The maximum absolute atomic E-state index is 13.3. The van der Waals surface area contributed by atoms with E-state index >= 15 is 0 Å². The lowest BCUT2D eigenvalue weighted by Gasteiger charge is -2.13. The zero-order valence-electron chi connectivity index (χ0n) is 11.5. The highest BCUT2D eigenvalue weighted by molar-refractivity contribution is 5.34. The molecule has 2 aromatic rings. The number of nitriles is 1. The van der Waals surface area contributed by atoms with E-state index in [1.54, 1.807) is 12.1 Å². The van der Waals surface area contributed by atoms with Crippen molar-refractivity contribution < 1.29 is 4.39 Å². The quantitative estimate of drug-likeness (QED) is 0.909. The molecule has 2 N–H and O–H groups in total. The summed E-state index contributed by atoms with van der Waals surface area (Å²) in [5.74, 6) is -0.475. The molecular formula is C16H18FN3. The van der Waals surface area contributed by atoms with Gasteiger partial charge < -0.3 is 10.3 Å². The standard InChI is InChI=1S/C16H18FN3/c1-2-14(19)9-15-4-3-7-20(15)11-12-5-6-16(17)13(8-12)10-18/h3-8,14H,2,9,11,19H2,1H3. The van der Waals surface area contributed by atoms with E-state index in [2.05, 4.69) is 11.5 Å². The largest absolute Gasteiger partial charge is 0.347 e. The Bertz CT molecular complexity index is 625. The molecule has 0 saturated heterocycles. The first-order valence-corrected chi connectivity index (χ1v) is 6.72. The molecule has 1 atom stereocenters. The van der Waals surface area contributed by atoms with Crippen LogP contribution in [-0.4, -0.2) is 10.6 Å². The minimum Gasteiger partial charge on any atom is -0.347 e. The average Bonchev–Trinajstić information content (AvgIpc) is 2.88. The fraction of sp³-hybridized carbons (Fsp3) is 0.312. The number of nitrogens with two attached hydrogens (primary N) is 1. The van der Waals surface area contributed by atoms with Crippen LogP contribution in [0.1, 0.15) is 30.2 Å². The van der Waals surface area contributed by atoms with Crippen molar-refractivity contribution in [3.8, 4) is 6.07 Å². The summed E-state index contributed by atoms with van der Waals surface area (Å²) >= 11 is 0. The van der Waals surface area contributed by atoms with Crippen LogP contribution in [0, 0.1) is 17.1 Å². The van der Waals surface area contributed by atoms with E-state index in [1.807, 2.05) is 24.4 Å². The van der Waals surface area contributed by atoms with Gasteiger partial charge >= 0.3 is 0 Å². The zero-order valence-corrected chi connectivity index (χ0v) is 11.5. The Balaban J connectivity index is 2.19. The van der Waals surface area contributed by atoms with Crippen molar-refractivity contribution in [3.63, 3.8) is 0 Å². The molecule has 0 bridgehead atoms. The highest BCUT2D eigenvalue weighted by atomic mass is 19.1. The maximum Gasteiger partial charge on any atom is 0.140 e. The zero-order chi connectivity index (χ0) is 14.5. The molecule has 0 saturated carbocycles. The number of nitrogens with zero attached hydrogens (tertiary/aromatic N) is 2. The first-order chi connectivity index (χ1) is 9.63. The molecule has 1 aromatic carbocycles. The van der Waals surface area contributed by atoms with Gasteiger partial charge in [0.25, 0.3) is 0 Å². The molecule has 1 unspecified atom stereocenters. The van der Waals surface area contributed by atoms with E-state index in [-0.39, 0.29) is 11.6 Å². The second-order valence-corrected chi connectivity index (χ2v) is 4.93. The number of benzene rings is 1. The Morgan fingerprint density at radius 2 is 2.20 bits per heavy atom. The van der Waals surface area contributed by atoms with Gasteiger partial charge in [0.05, 0.1) is 5.56 Å². The summed E-state index contributed by atoms with van der Waals surface area (Å²) in [6.07, 6.45) is 3.73. The Morgan fingerprint density at radius 1 is 1.40 bits per heavy atom. The predicted molar refractivity (Wildman–Crippen MR) is 76.6 cm³/mol. The molecule has 0 aliphatic rings. The Labute approximate surface area is 118 Å². The van der Waals surface area contributed by atoms with E-state index in [9.17, 15) is 4.39 Å². The van der Waals surface area contributed by atoms with Crippen LogP contribution in [0.3, 0.4) is 0 Å². The van der Waals surface area contributed by atoms with E-state index in [0.717, 1.165) is 24.1 Å². The average molecular weight is 271 g/mol. The van der Waals surface area contributed by atoms with Crippen molar-refractivity contribution >= 4 is 0 Å². The highest BCUT2D eigenvalue weighted by Crippen LogP contribution is 2.14. The van der Waals surface area contributed by atoms with Crippen molar-refractivity contribution in [1.29, 1.82) is 5.26 Å². The molecule has 104 valence electrons. The van der Waals surface area contributed by atoms with Gasteiger partial charge in [0.2, 0.25) is 0 Å². The third-order valence-corrected chi connectivity index (χ3v) is 3.42. The highest BCUT2D eigenvalue weighted by Gasteiger charge is 2.08. The molecule has 3 nitrogen and oxygen atoms in total. The minimum absolute atomic E-state index is 0.0847. The van der Waals surface area contributed by atoms with Crippen LogP contribution in [0.2, 0.25) is 0 Å². The SMILES string of the molecule is CCC(N)Cc1cccn1Cc1ccc(F)c(C#N)c1. The molecule has 0 fully saturated rings. The van der Waals surface area contributed by atoms with Crippen LogP contribution < -0.4 is 5.73 Å². The van der Waals surface area contributed by atoms with Gasteiger partial charge in [-0.15, -0.1) is 0 Å². The Morgan fingerprint density at radius 3 is 2.90 bits per heavy atom. The van der Waals surface area contributed by atoms with Gasteiger partial charge in [-0.3, -0.25) is 0 Å². The lowest BCUT2D eigenvalue weighted by atomic mass is 10.1. The molecule has 0 amide bonds. The summed E-state index contributed by atoms with van der Waals surface area (Å²) in [6, 6.07) is 10.7. The number of rotatable bonds is 5. The van der Waals surface area contributed by atoms with Crippen molar-refractivity contribution in [2.75, 3.05) is 0 Å². The van der Waals surface area contributed by atoms with E-state index in [0.29, 0.717) is 6.54 Å². The van der Waals surface area contributed by atoms with Crippen molar-refractivity contribution in [3.05, 3.63) is 59.2 Å². The Kier molecular flexibility index (Phi) is 4.54. The van der Waals surface area contributed by atoms with Gasteiger partial charge in [-0.1, -0.05) is 13.0 Å². The molecule has 0 aliphatic carbocycles. The molecule has 20 heavy (non-hydrogen) atoms. The van der Waals surface area contributed by atoms with Gasteiger partial charge in [-0.2, -0.15) is 5.26 Å². The fourth-order valence-corrected chi connectivity index (χ4v) is 2.16. The minimum atomic E-state index is -0.475. The topological polar surface area (TPSA) is 54.7 Å². The smallest absolute Gasteiger partial charge is 0.140 e. The third kappa shape index (κ3) is 3.25. The summed E-state index contributed by atoms with van der Waals surface area (Å²) in [7, 11) is 0. The number of halogens is 1. The van der Waals surface area contributed by atoms with Crippen molar-refractivity contribution in [2.45, 2.75) is 32.4 Å². The van der Waals surface area contributed by atoms with Crippen LogP contribution in [0.4, 0.5) is 4.39 Å². The summed E-state index contributed by atoms with van der Waals surface area (Å²) in [5, 5.41) is 8.86. The van der Waals surface area contributed by atoms with Crippen LogP contribution in [0.15, 0.2) is 36.5 Å². The molecule has 2 rings (SSSR count). The van der Waals surface area contributed by atoms with Crippen LogP contribution in [-0.2, 0) is 13.0 Å². The molecule has 0 aliphatic heterocycles. The summed E-state index contributed by atoms with van der Waals surface area (Å²) in [6.45, 7) is 2.69. The molecule has 0 spiro atoms. The van der Waals surface area contributed by atoms with Gasteiger partial charge in [-0.25, -0.2) is 4.39 Å². The molecule has 0 radical (unpaired) electrons. The third-order valence-electron chi connectivity index (χ3n) is 3.42. The molecule has 4 heteroatoms. The summed E-state index contributed by atoms with van der Waals surface area (Å²) in [4.78, 5) is 0. The maximum atomic E-state index is 13.3. The Hall–Kier alpha value is -2.12. The van der Waals surface area contributed by atoms with Gasteiger partial charge in [0.15, 0.2) is 0 Å². The van der Waals surface area contributed by atoms with Crippen LogP contribution in [0.5, 0.6) is 0 Å². The second kappa shape index (κ2) is 6.36. The molecule has 1 aromatic heterocycles. The normalized spacial score (nSPS) is 12.1. The predicted octanol–water partition coefficient (Wildman–Crippen LogP) is 2.83. The lowest BCUT2D eigenvalue weighted by molar-refractivity contribution is 0.607. The van der Waals surface area contributed by atoms with E-state index in [1.165, 1.54) is 6.07 Å². The summed E-state index contributed by atoms with van der Waals surface area (Å²) in [5.41, 5.74) is 8.13. The van der Waals surface area contributed by atoms with Crippen molar-refractivity contribution in [1.82, 2.24) is 4.57 Å². The van der Waals surface area contributed by atoms with Gasteiger partial charge in [-0.05, 0) is 36.2 Å². The molecule has 1 heterocycles. The fourth-order valence-electron chi connectivity index (χ4n) is 2.16. The summed E-state index contributed by atoms with van der Waals surface area (Å²) < 4.78 is 15.4. The van der Waals surface area contributed by atoms with Crippen LogP contribution in [0.25, 0.3) is 0 Å².